The number of aliphatic imine (C=N–C) groups is 1. The number of fused-ring (bicyclic) bond motifs is 2. The highest BCUT2D eigenvalue weighted by atomic mass is 15.3. The van der Waals surface area contributed by atoms with Crippen molar-refractivity contribution in [3.63, 3.8) is 0 Å². The maximum Gasteiger partial charge on any atom is 0.158 e. The van der Waals surface area contributed by atoms with Crippen LogP contribution in [0.2, 0.25) is 0 Å². The Labute approximate surface area is 152 Å². The number of aromatic nitrogens is 2. The number of nitrogens with zero attached hydrogens (tertiary/aromatic N) is 3. The van der Waals surface area contributed by atoms with E-state index in [1.54, 1.807) is 0 Å². The number of aryl methyl sites for hydroxylation is 1. The molecule has 0 amide bonds. The summed E-state index contributed by atoms with van der Waals surface area (Å²) in [5.74, 6) is 0.957. The highest BCUT2D eigenvalue weighted by Gasteiger charge is 2.26. The summed E-state index contributed by atoms with van der Waals surface area (Å²) in [4.78, 5) is 4.75. The van der Waals surface area contributed by atoms with E-state index < -0.39 is 0 Å². The molecule has 2 heterocycles. The fraction of sp³-hybridized carbons (Fsp3) is 0.130. The minimum atomic E-state index is 0.200. The van der Waals surface area contributed by atoms with E-state index in [0.29, 0.717) is 0 Å². The van der Waals surface area contributed by atoms with Gasteiger partial charge in [0.2, 0.25) is 0 Å². The first-order chi connectivity index (χ1) is 12.8. The molecule has 0 aliphatic carbocycles. The quantitative estimate of drug-likeness (QED) is 0.461. The molecule has 0 fully saturated rings. The SMILES string of the molecule is Cc1nn2c(c1-c1cccc3ccccc13)N=CC[C@H]2c1ccccc1. The largest absolute Gasteiger partial charge is 0.241 e. The second kappa shape index (κ2) is 5.95. The monoisotopic (exact) mass is 337 g/mol. The fourth-order valence-corrected chi connectivity index (χ4v) is 3.93. The Morgan fingerprint density at radius 1 is 0.885 bits per heavy atom. The lowest BCUT2D eigenvalue weighted by Crippen LogP contribution is -2.15. The van der Waals surface area contributed by atoms with Crippen LogP contribution in [0.5, 0.6) is 0 Å². The summed E-state index contributed by atoms with van der Waals surface area (Å²) in [6, 6.07) is 25.7. The Morgan fingerprint density at radius 3 is 2.54 bits per heavy atom. The van der Waals surface area contributed by atoms with E-state index in [1.165, 1.54) is 21.9 Å². The van der Waals surface area contributed by atoms with Crippen molar-refractivity contribution >= 4 is 22.8 Å². The van der Waals surface area contributed by atoms with Crippen LogP contribution < -0.4 is 0 Å². The summed E-state index contributed by atoms with van der Waals surface area (Å²) in [5, 5.41) is 7.38. The van der Waals surface area contributed by atoms with E-state index in [4.69, 9.17) is 10.1 Å². The summed E-state index contributed by atoms with van der Waals surface area (Å²) >= 11 is 0. The smallest absolute Gasteiger partial charge is 0.158 e. The van der Waals surface area contributed by atoms with E-state index >= 15 is 0 Å². The van der Waals surface area contributed by atoms with Gasteiger partial charge in [0, 0.05) is 18.2 Å². The van der Waals surface area contributed by atoms with Gasteiger partial charge in [0.1, 0.15) is 0 Å². The molecule has 0 saturated heterocycles. The molecule has 5 rings (SSSR count). The van der Waals surface area contributed by atoms with Crippen molar-refractivity contribution in [1.82, 2.24) is 9.78 Å². The second-order valence-electron chi connectivity index (χ2n) is 6.73. The average molecular weight is 337 g/mol. The third-order valence-electron chi connectivity index (χ3n) is 5.14. The van der Waals surface area contributed by atoms with Crippen molar-refractivity contribution in [2.24, 2.45) is 4.99 Å². The van der Waals surface area contributed by atoms with E-state index in [9.17, 15) is 0 Å². The van der Waals surface area contributed by atoms with Crippen LogP contribution >= 0.6 is 0 Å². The Bertz CT molecular complexity index is 1120. The van der Waals surface area contributed by atoms with Crippen molar-refractivity contribution in [2.45, 2.75) is 19.4 Å². The lowest BCUT2D eigenvalue weighted by Gasteiger charge is -2.21. The minimum absolute atomic E-state index is 0.200. The van der Waals surface area contributed by atoms with Crippen LogP contribution in [-0.4, -0.2) is 16.0 Å². The van der Waals surface area contributed by atoms with Gasteiger partial charge in [-0.25, -0.2) is 9.67 Å². The predicted octanol–water partition coefficient (Wildman–Crippen LogP) is 5.71. The Balaban J connectivity index is 1.74. The Kier molecular flexibility index (Phi) is 3.45. The molecule has 1 aliphatic heterocycles. The molecule has 1 atom stereocenters. The maximum atomic E-state index is 4.90. The molecule has 1 aliphatic rings. The van der Waals surface area contributed by atoms with Crippen molar-refractivity contribution in [1.29, 1.82) is 0 Å². The first-order valence-electron chi connectivity index (χ1n) is 8.97. The maximum absolute atomic E-state index is 4.90. The van der Waals surface area contributed by atoms with Gasteiger partial charge in [-0.1, -0.05) is 72.8 Å². The zero-order chi connectivity index (χ0) is 17.5. The first-order valence-corrected chi connectivity index (χ1v) is 8.97. The van der Waals surface area contributed by atoms with Gasteiger partial charge < -0.3 is 0 Å². The van der Waals surface area contributed by atoms with Crippen molar-refractivity contribution in [2.75, 3.05) is 0 Å². The van der Waals surface area contributed by atoms with Crippen molar-refractivity contribution < 1.29 is 0 Å². The molecule has 0 saturated carbocycles. The van der Waals surface area contributed by atoms with Crippen LogP contribution in [0, 0.1) is 6.92 Å². The van der Waals surface area contributed by atoms with Crippen LogP contribution in [0.1, 0.15) is 23.7 Å². The third kappa shape index (κ3) is 2.28. The topological polar surface area (TPSA) is 30.2 Å². The first kappa shape index (κ1) is 15.1. The molecule has 0 N–H and O–H groups in total. The van der Waals surface area contributed by atoms with E-state index in [0.717, 1.165) is 23.5 Å². The fourth-order valence-electron chi connectivity index (χ4n) is 3.93. The molecule has 126 valence electrons. The molecule has 3 aromatic carbocycles. The van der Waals surface area contributed by atoms with E-state index in [1.807, 2.05) is 6.21 Å². The van der Waals surface area contributed by atoms with E-state index in [-0.39, 0.29) is 6.04 Å². The van der Waals surface area contributed by atoms with Crippen molar-refractivity contribution in [3.05, 3.63) is 84.1 Å². The molecular formula is C23H19N3. The summed E-state index contributed by atoms with van der Waals surface area (Å²) in [6.07, 6.45) is 2.90. The summed E-state index contributed by atoms with van der Waals surface area (Å²) in [7, 11) is 0. The van der Waals surface area contributed by atoms with Crippen molar-refractivity contribution in [3.8, 4) is 11.1 Å². The number of rotatable bonds is 2. The molecule has 3 heteroatoms. The average Bonchev–Trinajstić information content (AvgIpc) is 3.04. The lowest BCUT2D eigenvalue weighted by molar-refractivity contribution is 0.533. The van der Waals surface area contributed by atoms with Gasteiger partial charge >= 0.3 is 0 Å². The molecule has 3 nitrogen and oxygen atoms in total. The summed E-state index contributed by atoms with van der Waals surface area (Å²) in [6.45, 7) is 2.08. The number of hydrogen-bond acceptors (Lipinski definition) is 2. The number of benzene rings is 3. The van der Waals surface area contributed by atoms with Crippen LogP contribution in [0.4, 0.5) is 5.82 Å². The van der Waals surface area contributed by atoms with Crippen LogP contribution in [0.15, 0.2) is 77.8 Å². The zero-order valence-electron chi connectivity index (χ0n) is 14.6. The highest BCUT2D eigenvalue weighted by Crippen LogP contribution is 2.41. The lowest BCUT2D eigenvalue weighted by atomic mass is 9.97. The minimum Gasteiger partial charge on any atom is -0.241 e. The van der Waals surface area contributed by atoms with Gasteiger partial charge in [-0.2, -0.15) is 5.10 Å². The molecule has 0 bridgehead atoms. The van der Waals surface area contributed by atoms with Gasteiger partial charge in [0.15, 0.2) is 5.82 Å². The molecule has 26 heavy (non-hydrogen) atoms. The standard InChI is InChI=1S/C23H19N3/c1-16-22(20-13-7-11-17-8-5-6-12-19(17)20)23-24-15-14-21(26(23)25-16)18-9-3-2-4-10-18/h2-13,15,21H,14H2,1H3/t21-/m0/s1. The van der Waals surface area contributed by atoms with Crippen LogP contribution in [0.3, 0.4) is 0 Å². The van der Waals surface area contributed by atoms with Gasteiger partial charge in [-0.3, -0.25) is 0 Å². The molecule has 0 unspecified atom stereocenters. The molecule has 4 aromatic rings. The molecule has 1 aromatic heterocycles. The van der Waals surface area contributed by atoms with Gasteiger partial charge in [0.05, 0.1) is 11.7 Å². The van der Waals surface area contributed by atoms with Gasteiger partial charge in [-0.05, 0) is 28.8 Å². The summed E-state index contributed by atoms with van der Waals surface area (Å²) in [5.41, 5.74) is 4.63. The molecule has 0 radical (unpaired) electrons. The van der Waals surface area contributed by atoms with E-state index in [2.05, 4.69) is 84.4 Å². The Morgan fingerprint density at radius 2 is 1.65 bits per heavy atom. The normalized spacial score (nSPS) is 16.0. The second-order valence-corrected chi connectivity index (χ2v) is 6.73. The predicted molar refractivity (Wildman–Crippen MR) is 107 cm³/mol. The molecule has 0 spiro atoms. The zero-order valence-corrected chi connectivity index (χ0v) is 14.6. The third-order valence-corrected chi connectivity index (χ3v) is 5.14. The van der Waals surface area contributed by atoms with Gasteiger partial charge in [-0.15, -0.1) is 0 Å². The Hall–Kier alpha value is -3.20. The number of hydrogen-bond donors (Lipinski definition) is 0. The van der Waals surface area contributed by atoms with Crippen LogP contribution in [-0.2, 0) is 0 Å². The summed E-state index contributed by atoms with van der Waals surface area (Å²) < 4.78 is 2.10. The molecular weight excluding hydrogens is 318 g/mol. The van der Waals surface area contributed by atoms with Crippen LogP contribution in [0.25, 0.3) is 21.9 Å². The van der Waals surface area contributed by atoms with Gasteiger partial charge in [0.25, 0.3) is 0 Å². The highest BCUT2D eigenvalue weighted by molar-refractivity contribution is 5.99.